The van der Waals surface area contributed by atoms with Gasteiger partial charge in [-0.3, -0.25) is 4.79 Å². The normalized spacial score (nSPS) is 10.3. The summed E-state index contributed by atoms with van der Waals surface area (Å²) in [4.78, 5) is 16.8. The molecule has 0 aliphatic carbocycles. The van der Waals surface area contributed by atoms with Crippen LogP contribution < -0.4 is 15.4 Å². The van der Waals surface area contributed by atoms with E-state index >= 15 is 0 Å². The number of hydrogen-bond donors (Lipinski definition) is 2. The number of ether oxygens (including phenoxy) is 1. The second kappa shape index (κ2) is 8.36. The van der Waals surface area contributed by atoms with Gasteiger partial charge in [0.05, 0.1) is 24.2 Å². The van der Waals surface area contributed by atoms with Gasteiger partial charge in [-0.1, -0.05) is 24.3 Å². The van der Waals surface area contributed by atoms with Crippen molar-refractivity contribution in [3.05, 3.63) is 77.6 Å². The van der Waals surface area contributed by atoms with Gasteiger partial charge in [0.2, 0.25) is 0 Å². The van der Waals surface area contributed by atoms with Gasteiger partial charge in [0.25, 0.3) is 5.91 Å². The molecule has 3 rings (SSSR count). The standard InChI is InChI=1S/C22H23N3O2/c1-4-27-21-11-6-5-9-19(21)25-22(26)20-13-12-17(14-23-20)24-18-10-7-8-15(2)16(18)3/h5-14,24H,4H2,1-3H3,(H,25,26). The van der Waals surface area contributed by atoms with Crippen LogP contribution in [0.5, 0.6) is 5.75 Å². The summed E-state index contributed by atoms with van der Waals surface area (Å²) in [7, 11) is 0. The third kappa shape index (κ3) is 4.44. The smallest absolute Gasteiger partial charge is 0.274 e. The molecule has 138 valence electrons. The van der Waals surface area contributed by atoms with Gasteiger partial charge in [-0.2, -0.15) is 0 Å². The van der Waals surface area contributed by atoms with Crippen molar-refractivity contribution in [3.63, 3.8) is 0 Å². The van der Waals surface area contributed by atoms with Crippen LogP contribution in [-0.4, -0.2) is 17.5 Å². The molecule has 3 aromatic rings. The number of carbonyl (C=O) groups is 1. The predicted molar refractivity (Wildman–Crippen MR) is 109 cm³/mol. The molecule has 0 saturated carbocycles. The number of para-hydroxylation sites is 2. The third-order valence-corrected chi connectivity index (χ3v) is 4.31. The SMILES string of the molecule is CCOc1ccccc1NC(=O)c1ccc(Nc2cccc(C)c2C)cn1. The van der Waals surface area contributed by atoms with Crippen LogP contribution in [0.3, 0.4) is 0 Å². The van der Waals surface area contributed by atoms with Gasteiger partial charge in [0, 0.05) is 5.69 Å². The van der Waals surface area contributed by atoms with E-state index in [1.165, 1.54) is 11.1 Å². The van der Waals surface area contributed by atoms with Gasteiger partial charge in [-0.25, -0.2) is 4.98 Å². The van der Waals surface area contributed by atoms with E-state index in [9.17, 15) is 4.79 Å². The van der Waals surface area contributed by atoms with E-state index in [0.717, 1.165) is 11.4 Å². The molecule has 0 unspecified atom stereocenters. The lowest BCUT2D eigenvalue weighted by molar-refractivity contribution is 0.102. The molecule has 2 aromatic carbocycles. The summed E-state index contributed by atoms with van der Waals surface area (Å²) in [5.41, 5.74) is 5.23. The van der Waals surface area contributed by atoms with Crippen molar-refractivity contribution in [2.24, 2.45) is 0 Å². The molecule has 0 radical (unpaired) electrons. The molecule has 0 spiro atoms. The van der Waals surface area contributed by atoms with Crippen molar-refractivity contribution in [1.29, 1.82) is 0 Å². The minimum Gasteiger partial charge on any atom is -0.492 e. The summed E-state index contributed by atoms with van der Waals surface area (Å²) in [5.74, 6) is 0.363. The molecule has 0 fully saturated rings. The molecule has 0 bridgehead atoms. The summed E-state index contributed by atoms with van der Waals surface area (Å²) in [6.45, 7) is 6.58. The second-order valence-corrected chi connectivity index (χ2v) is 6.19. The molecule has 1 aromatic heterocycles. The molecule has 0 saturated heterocycles. The van der Waals surface area contributed by atoms with Crippen LogP contribution in [0.15, 0.2) is 60.8 Å². The van der Waals surface area contributed by atoms with Crippen LogP contribution in [0.4, 0.5) is 17.1 Å². The number of nitrogens with zero attached hydrogens (tertiary/aromatic N) is 1. The largest absolute Gasteiger partial charge is 0.492 e. The van der Waals surface area contributed by atoms with Crippen LogP contribution in [0.25, 0.3) is 0 Å². The Labute approximate surface area is 159 Å². The lowest BCUT2D eigenvalue weighted by Crippen LogP contribution is -2.14. The zero-order chi connectivity index (χ0) is 19.2. The van der Waals surface area contributed by atoms with Crippen molar-refractivity contribution in [1.82, 2.24) is 4.98 Å². The first-order valence-corrected chi connectivity index (χ1v) is 8.91. The van der Waals surface area contributed by atoms with Crippen LogP contribution in [0.2, 0.25) is 0 Å². The van der Waals surface area contributed by atoms with Crippen molar-refractivity contribution in [3.8, 4) is 5.75 Å². The molecule has 5 heteroatoms. The van der Waals surface area contributed by atoms with Crippen molar-refractivity contribution in [2.45, 2.75) is 20.8 Å². The summed E-state index contributed by atoms with van der Waals surface area (Å²) in [6, 6.07) is 17.0. The summed E-state index contributed by atoms with van der Waals surface area (Å²) >= 11 is 0. The Morgan fingerprint density at radius 3 is 2.52 bits per heavy atom. The highest BCUT2D eigenvalue weighted by atomic mass is 16.5. The van der Waals surface area contributed by atoms with E-state index < -0.39 is 0 Å². The zero-order valence-corrected chi connectivity index (χ0v) is 15.7. The fourth-order valence-corrected chi connectivity index (χ4v) is 2.68. The summed E-state index contributed by atoms with van der Waals surface area (Å²) < 4.78 is 5.53. The van der Waals surface area contributed by atoms with E-state index in [2.05, 4.69) is 35.5 Å². The predicted octanol–water partition coefficient (Wildman–Crippen LogP) is 5.09. The van der Waals surface area contributed by atoms with Crippen LogP contribution >= 0.6 is 0 Å². The number of benzene rings is 2. The van der Waals surface area contributed by atoms with Gasteiger partial charge in [0.1, 0.15) is 11.4 Å². The van der Waals surface area contributed by atoms with Gasteiger partial charge < -0.3 is 15.4 Å². The quantitative estimate of drug-likeness (QED) is 0.642. The monoisotopic (exact) mass is 361 g/mol. The molecule has 1 amide bonds. The molecule has 2 N–H and O–H groups in total. The summed E-state index contributed by atoms with van der Waals surface area (Å²) in [5, 5.41) is 6.19. The summed E-state index contributed by atoms with van der Waals surface area (Å²) in [6.07, 6.45) is 1.66. The Morgan fingerprint density at radius 1 is 1.00 bits per heavy atom. The first-order valence-electron chi connectivity index (χ1n) is 8.91. The number of nitrogens with one attached hydrogen (secondary N) is 2. The van der Waals surface area contributed by atoms with Gasteiger partial charge in [-0.15, -0.1) is 0 Å². The maximum atomic E-state index is 12.5. The van der Waals surface area contributed by atoms with Gasteiger partial charge >= 0.3 is 0 Å². The number of hydrogen-bond acceptors (Lipinski definition) is 4. The fraction of sp³-hybridized carbons (Fsp3) is 0.182. The molecule has 5 nitrogen and oxygen atoms in total. The number of anilines is 3. The number of carbonyl (C=O) groups excluding carboxylic acids is 1. The Kier molecular flexibility index (Phi) is 5.71. The average molecular weight is 361 g/mol. The number of rotatable bonds is 6. The van der Waals surface area contributed by atoms with E-state index in [1.54, 1.807) is 18.3 Å². The highest BCUT2D eigenvalue weighted by Gasteiger charge is 2.11. The number of amides is 1. The van der Waals surface area contributed by atoms with E-state index in [0.29, 0.717) is 23.7 Å². The van der Waals surface area contributed by atoms with Crippen molar-refractivity contribution >= 4 is 23.0 Å². The fourth-order valence-electron chi connectivity index (χ4n) is 2.68. The number of pyridine rings is 1. The van der Waals surface area contributed by atoms with Gasteiger partial charge in [-0.05, 0) is 62.2 Å². The first kappa shape index (κ1) is 18.5. The lowest BCUT2D eigenvalue weighted by Gasteiger charge is -2.12. The Hall–Kier alpha value is -3.34. The second-order valence-electron chi connectivity index (χ2n) is 6.19. The Bertz CT molecular complexity index is 937. The lowest BCUT2D eigenvalue weighted by atomic mass is 10.1. The van der Waals surface area contributed by atoms with Crippen LogP contribution in [-0.2, 0) is 0 Å². The van der Waals surface area contributed by atoms with E-state index in [1.807, 2.05) is 43.3 Å². The average Bonchev–Trinajstić information content (AvgIpc) is 2.68. The zero-order valence-electron chi connectivity index (χ0n) is 15.7. The topological polar surface area (TPSA) is 63.2 Å². The highest BCUT2D eigenvalue weighted by Crippen LogP contribution is 2.25. The Balaban J connectivity index is 1.72. The number of aromatic nitrogens is 1. The molecule has 27 heavy (non-hydrogen) atoms. The van der Waals surface area contributed by atoms with Crippen molar-refractivity contribution in [2.75, 3.05) is 17.2 Å². The molecule has 0 atom stereocenters. The van der Waals surface area contributed by atoms with Gasteiger partial charge in [0.15, 0.2) is 0 Å². The van der Waals surface area contributed by atoms with Crippen LogP contribution in [0, 0.1) is 13.8 Å². The maximum absolute atomic E-state index is 12.5. The minimum absolute atomic E-state index is 0.277. The Morgan fingerprint density at radius 2 is 1.78 bits per heavy atom. The molecular weight excluding hydrogens is 338 g/mol. The molecule has 0 aliphatic heterocycles. The molecule has 0 aliphatic rings. The third-order valence-electron chi connectivity index (χ3n) is 4.31. The van der Waals surface area contributed by atoms with E-state index in [4.69, 9.17) is 4.74 Å². The maximum Gasteiger partial charge on any atom is 0.274 e. The first-order chi connectivity index (χ1) is 13.1. The van der Waals surface area contributed by atoms with E-state index in [-0.39, 0.29) is 5.91 Å². The molecule has 1 heterocycles. The minimum atomic E-state index is -0.277. The van der Waals surface area contributed by atoms with Crippen molar-refractivity contribution < 1.29 is 9.53 Å². The highest BCUT2D eigenvalue weighted by molar-refractivity contribution is 6.03. The molecular formula is C22H23N3O2. The number of aryl methyl sites for hydroxylation is 1. The van der Waals surface area contributed by atoms with Crippen LogP contribution in [0.1, 0.15) is 28.5 Å².